The van der Waals surface area contributed by atoms with Crippen molar-refractivity contribution in [2.45, 2.75) is 32.0 Å². The van der Waals surface area contributed by atoms with Crippen molar-refractivity contribution in [2.24, 2.45) is 5.73 Å². The monoisotopic (exact) mass is 240 g/mol. The Morgan fingerprint density at radius 1 is 1.62 bits per heavy atom. The van der Waals surface area contributed by atoms with Gasteiger partial charge in [-0.2, -0.15) is 11.3 Å². The lowest BCUT2D eigenvalue weighted by Gasteiger charge is -2.41. The zero-order chi connectivity index (χ0) is 11.5. The average molecular weight is 240 g/mol. The van der Waals surface area contributed by atoms with Crippen LogP contribution in [0.25, 0.3) is 0 Å². The number of ether oxygens (including phenoxy) is 1. The number of hydrogen-bond donors (Lipinski definition) is 1. The molecular weight excluding hydrogens is 220 g/mol. The van der Waals surface area contributed by atoms with Gasteiger partial charge in [0, 0.05) is 18.6 Å². The molecule has 1 saturated heterocycles. The number of morpholine rings is 1. The summed E-state index contributed by atoms with van der Waals surface area (Å²) in [7, 11) is 0. The van der Waals surface area contributed by atoms with Crippen LogP contribution in [-0.2, 0) is 4.74 Å². The van der Waals surface area contributed by atoms with Crippen LogP contribution in [0.1, 0.15) is 25.5 Å². The predicted molar refractivity (Wildman–Crippen MR) is 67.7 cm³/mol. The summed E-state index contributed by atoms with van der Waals surface area (Å²) in [5.74, 6) is 0. The molecule has 90 valence electrons. The molecule has 0 saturated carbocycles. The molecule has 1 fully saturated rings. The predicted octanol–water partition coefficient (Wildman–Crippen LogP) is 1.86. The summed E-state index contributed by atoms with van der Waals surface area (Å²) < 4.78 is 5.48. The molecular formula is C12H20N2OS. The third kappa shape index (κ3) is 2.46. The van der Waals surface area contributed by atoms with Crippen LogP contribution in [0.5, 0.6) is 0 Å². The minimum Gasteiger partial charge on any atom is -0.379 e. The van der Waals surface area contributed by atoms with Crippen molar-refractivity contribution in [2.75, 3.05) is 19.8 Å². The molecule has 0 bridgehead atoms. The van der Waals surface area contributed by atoms with Crippen LogP contribution in [0.4, 0.5) is 0 Å². The largest absolute Gasteiger partial charge is 0.379 e. The zero-order valence-corrected chi connectivity index (χ0v) is 10.7. The van der Waals surface area contributed by atoms with Gasteiger partial charge in [0.15, 0.2) is 0 Å². The highest BCUT2D eigenvalue weighted by Crippen LogP contribution is 2.28. The first kappa shape index (κ1) is 12.0. The summed E-state index contributed by atoms with van der Waals surface area (Å²) in [6.45, 7) is 6.90. The van der Waals surface area contributed by atoms with E-state index >= 15 is 0 Å². The van der Waals surface area contributed by atoms with Gasteiger partial charge in [-0.3, -0.25) is 4.90 Å². The lowest BCUT2D eigenvalue weighted by atomic mass is 10.00. The van der Waals surface area contributed by atoms with E-state index in [-0.39, 0.29) is 6.04 Å². The number of rotatable bonds is 3. The fourth-order valence-electron chi connectivity index (χ4n) is 2.39. The molecule has 0 aliphatic carbocycles. The Balaban J connectivity index is 2.18. The molecule has 0 radical (unpaired) electrons. The summed E-state index contributed by atoms with van der Waals surface area (Å²) >= 11 is 1.74. The third-order valence-electron chi connectivity index (χ3n) is 3.16. The van der Waals surface area contributed by atoms with E-state index < -0.39 is 0 Å². The zero-order valence-electron chi connectivity index (χ0n) is 9.93. The molecule has 3 nitrogen and oxygen atoms in total. The molecule has 0 aromatic carbocycles. The third-order valence-corrected chi connectivity index (χ3v) is 3.86. The van der Waals surface area contributed by atoms with E-state index in [1.165, 1.54) is 5.56 Å². The van der Waals surface area contributed by atoms with E-state index in [1.807, 2.05) is 0 Å². The van der Waals surface area contributed by atoms with Crippen molar-refractivity contribution in [1.82, 2.24) is 4.90 Å². The van der Waals surface area contributed by atoms with Gasteiger partial charge in [0.1, 0.15) is 0 Å². The van der Waals surface area contributed by atoms with Gasteiger partial charge < -0.3 is 10.5 Å². The second-order valence-corrected chi connectivity index (χ2v) is 5.30. The van der Waals surface area contributed by atoms with Crippen molar-refractivity contribution < 1.29 is 4.74 Å². The molecule has 3 unspecified atom stereocenters. The van der Waals surface area contributed by atoms with Gasteiger partial charge in [0.05, 0.1) is 19.3 Å². The second-order valence-electron chi connectivity index (χ2n) is 4.52. The highest BCUT2D eigenvalue weighted by Gasteiger charge is 2.30. The average Bonchev–Trinajstić information content (AvgIpc) is 2.74. The fourth-order valence-corrected chi connectivity index (χ4v) is 3.08. The smallest absolute Gasteiger partial charge is 0.0620 e. The summed E-state index contributed by atoms with van der Waals surface area (Å²) in [5.41, 5.74) is 7.48. The van der Waals surface area contributed by atoms with Crippen molar-refractivity contribution in [1.29, 1.82) is 0 Å². The maximum atomic E-state index is 6.14. The second kappa shape index (κ2) is 5.27. The molecule has 4 heteroatoms. The van der Waals surface area contributed by atoms with E-state index in [9.17, 15) is 0 Å². The Kier molecular flexibility index (Phi) is 3.97. The van der Waals surface area contributed by atoms with Crippen LogP contribution >= 0.6 is 11.3 Å². The first-order valence-electron chi connectivity index (χ1n) is 5.81. The Labute approximate surface area is 101 Å². The topological polar surface area (TPSA) is 38.5 Å². The van der Waals surface area contributed by atoms with E-state index in [0.29, 0.717) is 12.1 Å². The lowest BCUT2D eigenvalue weighted by Crippen LogP contribution is -2.50. The van der Waals surface area contributed by atoms with Crippen LogP contribution < -0.4 is 5.73 Å². The number of thiophene rings is 1. The minimum atomic E-state index is 0.148. The maximum absolute atomic E-state index is 6.14. The molecule has 0 spiro atoms. The molecule has 2 N–H and O–H groups in total. The molecule has 0 amide bonds. The molecule has 1 aliphatic rings. The van der Waals surface area contributed by atoms with Gasteiger partial charge in [-0.05, 0) is 36.2 Å². The Morgan fingerprint density at radius 3 is 3.00 bits per heavy atom. The normalized spacial score (nSPS) is 26.6. The summed E-state index contributed by atoms with van der Waals surface area (Å²) in [4.78, 5) is 2.47. The van der Waals surface area contributed by atoms with Crippen LogP contribution in [0.15, 0.2) is 16.8 Å². The maximum Gasteiger partial charge on any atom is 0.0620 e. The van der Waals surface area contributed by atoms with E-state index in [4.69, 9.17) is 10.5 Å². The summed E-state index contributed by atoms with van der Waals surface area (Å²) in [5, 5.41) is 4.33. The molecule has 2 heterocycles. The van der Waals surface area contributed by atoms with Gasteiger partial charge in [0.2, 0.25) is 0 Å². The SMILES string of the molecule is CC(N)C(c1ccsc1)N1CCOCC1C. The van der Waals surface area contributed by atoms with Crippen LogP contribution in [-0.4, -0.2) is 36.7 Å². The highest BCUT2D eigenvalue weighted by atomic mass is 32.1. The Morgan fingerprint density at radius 2 is 2.44 bits per heavy atom. The van der Waals surface area contributed by atoms with Crippen LogP contribution in [0.2, 0.25) is 0 Å². The number of nitrogens with zero attached hydrogens (tertiary/aromatic N) is 1. The van der Waals surface area contributed by atoms with Crippen LogP contribution in [0.3, 0.4) is 0 Å². The Hall–Kier alpha value is -0.420. The van der Waals surface area contributed by atoms with E-state index in [0.717, 1.165) is 19.8 Å². The molecule has 1 aromatic rings. The van der Waals surface area contributed by atoms with E-state index in [2.05, 4.69) is 35.6 Å². The first-order valence-corrected chi connectivity index (χ1v) is 6.75. The van der Waals surface area contributed by atoms with Gasteiger partial charge in [0.25, 0.3) is 0 Å². The number of hydrogen-bond acceptors (Lipinski definition) is 4. The standard InChI is InChI=1S/C12H20N2OS/c1-9-7-15-5-4-14(9)12(10(2)13)11-3-6-16-8-11/h3,6,8-10,12H,4-5,7,13H2,1-2H3. The van der Waals surface area contributed by atoms with Crippen molar-refractivity contribution in [3.63, 3.8) is 0 Å². The van der Waals surface area contributed by atoms with Crippen molar-refractivity contribution >= 4 is 11.3 Å². The minimum absolute atomic E-state index is 0.148. The highest BCUT2D eigenvalue weighted by molar-refractivity contribution is 7.07. The molecule has 2 rings (SSSR count). The molecule has 1 aliphatic heterocycles. The Bertz CT molecular complexity index is 313. The number of nitrogens with two attached hydrogens (primary N) is 1. The fraction of sp³-hybridized carbons (Fsp3) is 0.667. The quantitative estimate of drug-likeness (QED) is 0.876. The lowest BCUT2D eigenvalue weighted by molar-refractivity contribution is -0.0267. The van der Waals surface area contributed by atoms with Gasteiger partial charge in [-0.1, -0.05) is 0 Å². The van der Waals surface area contributed by atoms with Gasteiger partial charge in [-0.25, -0.2) is 0 Å². The van der Waals surface area contributed by atoms with E-state index in [1.54, 1.807) is 11.3 Å². The first-order chi connectivity index (χ1) is 7.70. The summed E-state index contributed by atoms with van der Waals surface area (Å²) in [6, 6.07) is 3.10. The molecule has 1 aromatic heterocycles. The van der Waals surface area contributed by atoms with Crippen LogP contribution in [0, 0.1) is 0 Å². The van der Waals surface area contributed by atoms with Crippen molar-refractivity contribution in [3.05, 3.63) is 22.4 Å². The van der Waals surface area contributed by atoms with Gasteiger partial charge >= 0.3 is 0 Å². The molecule has 3 atom stereocenters. The van der Waals surface area contributed by atoms with Crippen molar-refractivity contribution in [3.8, 4) is 0 Å². The molecule has 16 heavy (non-hydrogen) atoms. The summed E-state index contributed by atoms with van der Waals surface area (Å²) in [6.07, 6.45) is 0. The van der Waals surface area contributed by atoms with Gasteiger partial charge in [-0.15, -0.1) is 0 Å².